The van der Waals surface area contributed by atoms with Crippen LogP contribution in [-0.2, 0) is 4.84 Å². The summed E-state index contributed by atoms with van der Waals surface area (Å²) in [5.41, 5.74) is 2.85. The van der Waals surface area contributed by atoms with E-state index in [-0.39, 0.29) is 0 Å². The van der Waals surface area contributed by atoms with Gasteiger partial charge in [0.15, 0.2) is 6.71 Å². The first-order valence-corrected chi connectivity index (χ1v) is 3.19. The second-order valence-corrected chi connectivity index (χ2v) is 2.58. The van der Waals surface area contributed by atoms with E-state index in [4.69, 9.17) is 4.84 Å². The van der Waals surface area contributed by atoms with Gasteiger partial charge in [-0.2, -0.15) is 0 Å². The van der Waals surface area contributed by atoms with E-state index in [1.165, 1.54) is 0 Å². The fourth-order valence-corrected chi connectivity index (χ4v) is 0.895. The molecule has 1 fully saturated rings. The van der Waals surface area contributed by atoms with Gasteiger partial charge in [-0.05, 0) is 6.42 Å². The number of rotatable bonds is 1. The number of hydroxylamine groups is 1. The van der Waals surface area contributed by atoms with Crippen LogP contribution in [-0.4, -0.2) is 19.3 Å². The van der Waals surface area contributed by atoms with E-state index in [9.17, 15) is 0 Å². The van der Waals surface area contributed by atoms with Crippen LogP contribution in [0.5, 0.6) is 0 Å². The quantitative estimate of drug-likeness (QED) is 0.502. The Balaban J connectivity index is 2.24. The predicted molar refractivity (Wildman–Crippen MR) is 35.0 cm³/mol. The van der Waals surface area contributed by atoms with Crippen molar-refractivity contribution >= 4 is 6.71 Å². The van der Waals surface area contributed by atoms with Gasteiger partial charge < -0.3 is 4.84 Å². The Kier molecular flexibility index (Phi) is 1.92. The third-order valence-electron chi connectivity index (χ3n) is 1.51. The summed E-state index contributed by atoms with van der Waals surface area (Å²) in [6.07, 6.45) is 1.16. The summed E-state index contributed by atoms with van der Waals surface area (Å²) >= 11 is 0. The Morgan fingerprint density at radius 1 is 1.62 bits per heavy atom. The van der Waals surface area contributed by atoms with Crippen molar-refractivity contribution in [2.75, 3.05) is 6.54 Å². The molecule has 0 bridgehead atoms. The van der Waals surface area contributed by atoms with E-state index < -0.39 is 0 Å². The number of hydrogen-bond acceptors (Lipinski definition) is 2. The molecule has 0 saturated carbocycles. The Morgan fingerprint density at radius 3 is 2.62 bits per heavy atom. The van der Waals surface area contributed by atoms with E-state index in [1.54, 1.807) is 0 Å². The number of nitrogens with one attached hydrogen (secondary N) is 1. The average Bonchev–Trinajstić information content (AvgIpc) is 2.12. The molecule has 2 nitrogen and oxygen atoms in total. The van der Waals surface area contributed by atoms with Crippen LogP contribution in [0, 0.1) is 0 Å². The van der Waals surface area contributed by atoms with Gasteiger partial charge in [-0.15, -0.1) is 0 Å². The molecule has 1 aliphatic heterocycles. The molecule has 0 aliphatic carbocycles. The summed E-state index contributed by atoms with van der Waals surface area (Å²) in [4.78, 5) is 5.16. The molecule has 1 N–H and O–H groups in total. The van der Waals surface area contributed by atoms with Gasteiger partial charge in [-0.3, -0.25) is 0 Å². The Morgan fingerprint density at radius 2 is 2.38 bits per heavy atom. The fourth-order valence-electron chi connectivity index (χ4n) is 0.895. The normalized spacial score (nSPS) is 28.5. The van der Waals surface area contributed by atoms with Gasteiger partial charge >= 0.3 is 0 Å². The third-order valence-corrected chi connectivity index (χ3v) is 1.51. The molecule has 0 aromatic carbocycles. The van der Waals surface area contributed by atoms with Crippen LogP contribution >= 0.6 is 0 Å². The maximum absolute atomic E-state index is 5.16. The monoisotopic (exact) mass is 113 g/mol. The van der Waals surface area contributed by atoms with E-state index in [1.807, 2.05) is 0 Å². The summed E-state index contributed by atoms with van der Waals surface area (Å²) in [6, 6.07) is 0.454. The van der Waals surface area contributed by atoms with Crippen molar-refractivity contribution in [3.8, 4) is 0 Å². The molecule has 0 unspecified atom stereocenters. The summed E-state index contributed by atoms with van der Waals surface area (Å²) in [5.74, 6) is 0. The Hall–Kier alpha value is -0.0151. The first-order valence-electron chi connectivity index (χ1n) is 3.19. The predicted octanol–water partition coefficient (Wildman–Crippen LogP) is 0.573. The first kappa shape index (κ1) is 6.11. The lowest BCUT2D eigenvalue weighted by molar-refractivity contribution is 0.0750. The van der Waals surface area contributed by atoms with Crippen LogP contribution in [0.3, 0.4) is 0 Å². The molecule has 3 heteroatoms. The van der Waals surface area contributed by atoms with Crippen molar-refractivity contribution in [1.82, 2.24) is 5.48 Å². The van der Waals surface area contributed by atoms with Crippen molar-refractivity contribution in [2.45, 2.75) is 26.1 Å². The smallest absolute Gasteiger partial charge is 0.172 e. The van der Waals surface area contributed by atoms with Crippen molar-refractivity contribution in [3.63, 3.8) is 0 Å². The highest BCUT2D eigenvalue weighted by Crippen LogP contribution is 2.05. The van der Waals surface area contributed by atoms with Gasteiger partial charge in [0.25, 0.3) is 0 Å². The summed E-state index contributed by atoms with van der Waals surface area (Å²) in [7, 11) is 0. The molecule has 0 radical (unpaired) electrons. The molecule has 0 spiro atoms. The molecular weight excluding hydrogens is 101 g/mol. The van der Waals surface area contributed by atoms with Gasteiger partial charge in [0, 0.05) is 6.54 Å². The second-order valence-electron chi connectivity index (χ2n) is 2.58. The third kappa shape index (κ3) is 1.23. The molecule has 8 heavy (non-hydrogen) atoms. The lowest BCUT2D eigenvalue weighted by Crippen LogP contribution is -2.24. The lowest BCUT2D eigenvalue weighted by atomic mass is 9.49. The average molecular weight is 113 g/mol. The molecule has 0 amide bonds. The van der Waals surface area contributed by atoms with E-state index in [0.29, 0.717) is 12.7 Å². The highest BCUT2D eigenvalue weighted by Gasteiger charge is 2.20. The molecule has 1 aliphatic rings. The molecule has 0 aromatic heterocycles. The minimum atomic E-state index is 0.454. The Bertz CT molecular complexity index is 70.8. The largest absolute Gasteiger partial charge is 0.307 e. The standard InChI is InChI=1S/C5H12BNO/c1-6(2)5-3-4-7-8-5/h5,7H,3-4H2,1-2H3/t5-/m1/s1. The van der Waals surface area contributed by atoms with E-state index in [2.05, 4.69) is 19.1 Å². The molecule has 1 atom stereocenters. The van der Waals surface area contributed by atoms with Gasteiger partial charge in [0.05, 0.1) is 6.00 Å². The van der Waals surface area contributed by atoms with Crippen LogP contribution < -0.4 is 5.48 Å². The van der Waals surface area contributed by atoms with E-state index >= 15 is 0 Å². The maximum Gasteiger partial charge on any atom is 0.172 e. The van der Waals surface area contributed by atoms with Crippen LogP contribution in [0.4, 0.5) is 0 Å². The molecule has 0 aromatic rings. The molecule has 1 rings (SSSR count). The van der Waals surface area contributed by atoms with Crippen molar-refractivity contribution in [3.05, 3.63) is 0 Å². The van der Waals surface area contributed by atoms with Crippen molar-refractivity contribution < 1.29 is 4.84 Å². The van der Waals surface area contributed by atoms with Crippen LogP contribution in [0.15, 0.2) is 0 Å². The second kappa shape index (κ2) is 2.51. The summed E-state index contributed by atoms with van der Waals surface area (Å²) in [5, 5.41) is 0. The topological polar surface area (TPSA) is 21.3 Å². The van der Waals surface area contributed by atoms with Gasteiger partial charge in [0.2, 0.25) is 0 Å². The SMILES string of the molecule is CB(C)[C@H]1CCNO1. The lowest BCUT2D eigenvalue weighted by Gasteiger charge is -2.07. The van der Waals surface area contributed by atoms with Crippen molar-refractivity contribution in [1.29, 1.82) is 0 Å². The zero-order valence-electron chi connectivity index (χ0n) is 5.48. The summed E-state index contributed by atoms with van der Waals surface area (Å²) in [6.45, 7) is 6.03. The van der Waals surface area contributed by atoms with Gasteiger partial charge in [-0.1, -0.05) is 13.6 Å². The highest BCUT2D eigenvalue weighted by atomic mass is 16.7. The molecule has 1 saturated heterocycles. The van der Waals surface area contributed by atoms with Gasteiger partial charge in [-0.25, -0.2) is 5.48 Å². The van der Waals surface area contributed by atoms with Gasteiger partial charge in [0.1, 0.15) is 0 Å². The number of hydrogen-bond donors (Lipinski definition) is 1. The first-order chi connectivity index (χ1) is 3.80. The molecule has 46 valence electrons. The fraction of sp³-hybridized carbons (Fsp3) is 1.00. The van der Waals surface area contributed by atoms with Crippen LogP contribution in [0.1, 0.15) is 6.42 Å². The molecular formula is C5H12BNO. The van der Waals surface area contributed by atoms with E-state index in [0.717, 1.165) is 13.0 Å². The zero-order chi connectivity index (χ0) is 5.98. The van der Waals surface area contributed by atoms with Crippen molar-refractivity contribution in [2.24, 2.45) is 0 Å². The zero-order valence-corrected chi connectivity index (χ0v) is 5.48. The minimum absolute atomic E-state index is 0.454. The summed E-state index contributed by atoms with van der Waals surface area (Å²) < 4.78 is 0. The molecule has 1 heterocycles. The van der Waals surface area contributed by atoms with Crippen LogP contribution in [0.25, 0.3) is 0 Å². The van der Waals surface area contributed by atoms with Crippen LogP contribution in [0.2, 0.25) is 13.6 Å². The Labute approximate surface area is 50.6 Å². The highest BCUT2D eigenvalue weighted by molar-refractivity contribution is 6.57. The maximum atomic E-state index is 5.16. The minimum Gasteiger partial charge on any atom is -0.307 e.